The molecule has 0 radical (unpaired) electrons. The minimum absolute atomic E-state index is 0.828. The number of aliphatic hydroxyl groups excluding tert-OH is 14. The van der Waals surface area contributed by atoms with Gasteiger partial charge in [0.2, 0.25) is 5.79 Å². The lowest BCUT2D eigenvalue weighted by molar-refractivity contribution is -0.417. The lowest BCUT2D eigenvalue weighted by atomic mass is 9.96. The molecule has 0 aromatic heterocycles. The standard InChI is InChI=1S/C24H42O21/c25-1-6-10(30)14(34)17(37)21(39-6)42-18-15(35)11(31)7(2-26)40-22(18)43-19-16(36)12(32)8(3-27)41-23(19)45-24(5-29)20(38)13(33)9(4-28)44-24/h6-23,25-38H,1-5H2/t6-,7-,8-,9-,10-,11-,12-,13-,14+,15+,16+,17-,18-,19-,20+,21-,22-,23-,24+/m1/s1. The van der Waals surface area contributed by atoms with Crippen molar-refractivity contribution in [1.82, 2.24) is 0 Å². The molecule has 0 bridgehead atoms. The van der Waals surface area contributed by atoms with E-state index in [0.717, 1.165) is 0 Å². The van der Waals surface area contributed by atoms with Crippen LogP contribution in [0.3, 0.4) is 0 Å². The van der Waals surface area contributed by atoms with Gasteiger partial charge < -0.3 is 105 Å². The number of aliphatic hydroxyl groups is 14. The van der Waals surface area contributed by atoms with Gasteiger partial charge in [0.05, 0.1) is 26.4 Å². The number of hydrogen-bond donors (Lipinski definition) is 14. The van der Waals surface area contributed by atoms with E-state index in [4.69, 9.17) is 33.2 Å². The molecule has 0 spiro atoms. The second-order valence-electron chi connectivity index (χ2n) is 11.2. The van der Waals surface area contributed by atoms with Gasteiger partial charge in [0.1, 0.15) is 98.2 Å². The van der Waals surface area contributed by atoms with Crippen LogP contribution in [0.4, 0.5) is 0 Å². The van der Waals surface area contributed by atoms with E-state index in [0.29, 0.717) is 0 Å². The zero-order valence-electron chi connectivity index (χ0n) is 23.5. The maximum Gasteiger partial charge on any atom is 0.224 e. The van der Waals surface area contributed by atoms with E-state index >= 15 is 0 Å². The molecule has 0 aromatic carbocycles. The minimum atomic E-state index is -2.52. The van der Waals surface area contributed by atoms with Gasteiger partial charge in [-0.25, -0.2) is 0 Å². The van der Waals surface area contributed by atoms with E-state index in [1.165, 1.54) is 0 Å². The third kappa shape index (κ3) is 7.01. The van der Waals surface area contributed by atoms with E-state index in [2.05, 4.69) is 0 Å². The lowest BCUT2D eigenvalue weighted by Gasteiger charge is -2.49. The molecule has 0 aliphatic carbocycles. The highest BCUT2D eigenvalue weighted by Gasteiger charge is 2.60. The van der Waals surface area contributed by atoms with Gasteiger partial charge in [-0.05, 0) is 0 Å². The topological polar surface area (TPSA) is 348 Å². The van der Waals surface area contributed by atoms with Crippen molar-refractivity contribution in [2.24, 2.45) is 0 Å². The summed E-state index contributed by atoms with van der Waals surface area (Å²) in [6, 6.07) is 0. The van der Waals surface area contributed by atoms with Crippen LogP contribution in [0.2, 0.25) is 0 Å². The fraction of sp³-hybridized carbons (Fsp3) is 1.00. The summed E-state index contributed by atoms with van der Waals surface area (Å²) in [5, 5.41) is 143. The number of ether oxygens (including phenoxy) is 7. The van der Waals surface area contributed by atoms with Crippen molar-refractivity contribution in [3.63, 3.8) is 0 Å². The van der Waals surface area contributed by atoms with Crippen LogP contribution in [-0.2, 0) is 33.2 Å². The maximum absolute atomic E-state index is 11.0. The fourth-order valence-electron chi connectivity index (χ4n) is 5.56. The van der Waals surface area contributed by atoms with Gasteiger partial charge in [-0.15, -0.1) is 0 Å². The molecule has 0 saturated carbocycles. The molecule has 4 saturated heterocycles. The van der Waals surface area contributed by atoms with E-state index in [1.54, 1.807) is 0 Å². The van der Waals surface area contributed by atoms with Crippen LogP contribution in [-0.4, -0.2) is 221 Å². The van der Waals surface area contributed by atoms with Gasteiger partial charge >= 0.3 is 0 Å². The predicted octanol–water partition coefficient (Wildman–Crippen LogP) is -9.75. The SMILES string of the molecule is OC[C@H]1O[C@@](CO)(O[C@H]2O[C@H](CO)[C@@H](O)[C@H](O)[C@H]2O[C@H]2O[C@H](CO)[C@@H](O)[C@H](O)[C@H]2O[C@H]2O[C@H](CO)[C@@H](O)[C@H](O)[C@H]2O)[C@@H](O)[C@@H]1O. The largest absolute Gasteiger partial charge is 0.394 e. The first-order valence-corrected chi connectivity index (χ1v) is 14.1. The second kappa shape index (κ2) is 15.1. The zero-order chi connectivity index (χ0) is 33.4. The molecule has 21 heteroatoms. The molecule has 45 heavy (non-hydrogen) atoms. The first-order valence-electron chi connectivity index (χ1n) is 14.1. The normalized spacial score (nSPS) is 52.7. The van der Waals surface area contributed by atoms with Crippen LogP contribution in [0.1, 0.15) is 0 Å². The average Bonchev–Trinajstić information content (AvgIpc) is 3.28. The molecule has 0 unspecified atom stereocenters. The Morgan fingerprint density at radius 2 is 0.867 bits per heavy atom. The number of hydrogen-bond acceptors (Lipinski definition) is 21. The van der Waals surface area contributed by atoms with Gasteiger partial charge in [0, 0.05) is 0 Å². The monoisotopic (exact) mass is 666 g/mol. The smallest absolute Gasteiger partial charge is 0.224 e. The highest BCUT2D eigenvalue weighted by Crippen LogP contribution is 2.38. The first kappa shape index (κ1) is 37.0. The van der Waals surface area contributed by atoms with E-state index in [1.807, 2.05) is 0 Å². The van der Waals surface area contributed by atoms with Crippen molar-refractivity contribution < 1.29 is 105 Å². The summed E-state index contributed by atoms with van der Waals surface area (Å²) in [6.07, 6.45) is -33.2. The van der Waals surface area contributed by atoms with Crippen LogP contribution in [0.5, 0.6) is 0 Å². The van der Waals surface area contributed by atoms with Crippen molar-refractivity contribution in [2.45, 2.75) is 116 Å². The van der Waals surface area contributed by atoms with Gasteiger partial charge in [0.15, 0.2) is 18.9 Å². The molecule has 4 heterocycles. The Morgan fingerprint density at radius 3 is 1.33 bits per heavy atom. The maximum atomic E-state index is 11.0. The van der Waals surface area contributed by atoms with Crippen molar-refractivity contribution in [1.29, 1.82) is 0 Å². The summed E-state index contributed by atoms with van der Waals surface area (Å²) in [5.74, 6) is -2.52. The van der Waals surface area contributed by atoms with Crippen molar-refractivity contribution in [3.05, 3.63) is 0 Å². The molecule has 14 N–H and O–H groups in total. The Labute approximate surface area is 254 Å². The fourth-order valence-corrected chi connectivity index (χ4v) is 5.56. The van der Waals surface area contributed by atoms with Crippen LogP contribution in [0, 0.1) is 0 Å². The lowest BCUT2D eigenvalue weighted by Crippen LogP contribution is -2.67. The molecule has 4 fully saturated rings. The molecule has 4 aliphatic heterocycles. The summed E-state index contributed by atoms with van der Waals surface area (Å²) in [7, 11) is 0. The van der Waals surface area contributed by atoms with E-state index < -0.39 is 149 Å². The quantitative estimate of drug-likeness (QED) is 0.0973. The molecule has 21 nitrogen and oxygen atoms in total. The first-order chi connectivity index (χ1) is 21.3. The molecular weight excluding hydrogens is 624 g/mol. The summed E-state index contributed by atoms with van der Waals surface area (Å²) < 4.78 is 38.7. The highest BCUT2D eigenvalue weighted by atomic mass is 16.8. The van der Waals surface area contributed by atoms with Crippen LogP contribution in [0.25, 0.3) is 0 Å². The van der Waals surface area contributed by atoms with Crippen LogP contribution >= 0.6 is 0 Å². The van der Waals surface area contributed by atoms with Crippen molar-refractivity contribution in [3.8, 4) is 0 Å². The van der Waals surface area contributed by atoms with Gasteiger partial charge in [0.25, 0.3) is 0 Å². The van der Waals surface area contributed by atoms with Crippen LogP contribution in [0.15, 0.2) is 0 Å². The van der Waals surface area contributed by atoms with Crippen LogP contribution < -0.4 is 0 Å². The Hall–Kier alpha value is -0.840. The Kier molecular flexibility index (Phi) is 12.5. The molecule has 4 rings (SSSR count). The molecular formula is C24H42O21. The molecule has 0 amide bonds. The van der Waals surface area contributed by atoms with Gasteiger partial charge in [-0.2, -0.15) is 0 Å². The summed E-state index contributed by atoms with van der Waals surface area (Å²) >= 11 is 0. The molecule has 0 aromatic rings. The Balaban J connectivity index is 1.64. The van der Waals surface area contributed by atoms with Gasteiger partial charge in [-0.3, -0.25) is 0 Å². The third-order valence-corrected chi connectivity index (χ3v) is 8.30. The van der Waals surface area contributed by atoms with Crippen molar-refractivity contribution in [2.75, 3.05) is 33.0 Å². The van der Waals surface area contributed by atoms with E-state index in [9.17, 15) is 71.5 Å². The molecule has 4 aliphatic rings. The minimum Gasteiger partial charge on any atom is -0.394 e. The molecule has 19 atom stereocenters. The third-order valence-electron chi connectivity index (χ3n) is 8.30. The average molecular weight is 667 g/mol. The zero-order valence-corrected chi connectivity index (χ0v) is 23.5. The molecule has 264 valence electrons. The van der Waals surface area contributed by atoms with Crippen molar-refractivity contribution >= 4 is 0 Å². The summed E-state index contributed by atoms with van der Waals surface area (Å²) in [4.78, 5) is 0. The summed E-state index contributed by atoms with van der Waals surface area (Å²) in [6.45, 7) is -4.65. The predicted molar refractivity (Wildman–Crippen MR) is 134 cm³/mol. The van der Waals surface area contributed by atoms with Gasteiger partial charge in [-0.1, -0.05) is 0 Å². The highest BCUT2D eigenvalue weighted by molar-refractivity contribution is 5.00. The Bertz CT molecular complexity index is 931. The Morgan fingerprint density at radius 1 is 0.444 bits per heavy atom. The second-order valence-corrected chi connectivity index (χ2v) is 11.2. The number of rotatable bonds is 11. The van der Waals surface area contributed by atoms with E-state index in [-0.39, 0.29) is 0 Å². The summed E-state index contributed by atoms with van der Waals surface area (Å²) in [5.41, 5.74) is 0.